The van der Waals surface area contributed by atoms with E-state index in [1.54, 1.807) is 6.08 Å². The van der Waals surface area contributed by atoms with Crippen LogP contribution < -0.4 is 10.6 Å². The van der Waals surface area contributed by atoms with Crippen LogP contribution in [0.2, 0.25) is 0 Å². The minimum Gasteiger partial charge on any atom is -0.477 e. The number of carbonyl (C=O) groups is 3. The number of aliphatic hydroxyl groups excluding tert-OH is 11. The van der Waals surface area contributed by atoms with Crippen LogP contribution in [0.5, 0.6) is 0 Å². The molecule has 0 bridgehead atoms. The van der Waals surface area contributed by atoms with Gasteiger partial charge in [0.2, 0.25) is 11.8 Å². The normalized spacial score (nSPS) is 28.0. The van der Waals surface area contributed by atoms with Crippen molar-refractivity contribution in [3.05, 3.63) is 24.3 Å². The summed E-state index contributed by atoms with van der Waals surface area (Å²) in [5, 5.41) is 136. The average molecular weight is 1350 g/mol. The number of carboxylic acids is 1. The Morgan fingerprint density at radius 3 is 1.45 bits per heavy atom. The van der Waals surface area contributed by atoms with Crippen LogP contribution in [-0.2, 0) is 42.8 Å². The average Bonchev–Trinajstić information content (AvgIpc) is 0.760. The summed E-state index contributed by atoms with van der Waals surface area (Å²) in [7, 11) is 0. The number of unbranched alkanes of at least 4 members (excludes halogenated alkanes) is 34. The van der Waals surface area contributed by atoms with Crippen molar-refractivity contribution in [2.24, 2.45) is 0 Å². The van der Waals surface area contributed by atoms with E-state index in [9.17, 15) is 75.7 Å². The Kier molecular flexibility index (Phi) is 46.7. The SMILES string of the molecule is CCCCCCCCC/C=C/C(O)C(COC1OC(CO)C(OC2OC(CO)C(O)C(OC3(C(=O)O)CC(O)C(NC(C)=O)C(C(O)C(O)CO)O3)C2O)C(O)C1O)NC(=O)CCCCCCCCCCCCCCCCC/C=C\CCCCCCCCCCCCCC. The fourth-order valence-electron chi connectivity index (χ4n) is 12.8. The van der Waals surface area contributed by atoms with Crippen molar-refractivity contribution in [3.8, 4) is 0 Å². The number of aliphatic hydroxyl groups is 11. The molecule has 3 heterocycles. The van der Waals surface area contributed by atoms with Crippen LogP contribution in [0.3, 0.4) is 0 Å². The van der Waals surface area contributed by atoms with Crippen molar-refractivity contribution in [2.75, 3.05) is 26.4 Å². The highest BCUT2D eigenvalue weighted by atomic mass is 16.8. The first kappa shape index (κ1) is 85.4. The summed E-state index contributed by atoms with van der Waals surface area (Å²) in [4.78, 5) is 38.5. The highest BCUT2D eigenvalue weighted by molar-refractivity contribution is 5.77. The Hall–Kier alpha value is -2.79. The summed E-state index contributed by atoms with van der Waals surface area (Å²) < 4.78 is 34.7. The Balaban J connectivity index is 1.45. The van der Waals surface area contributed by atoms with Crippen LogP contribution in [0.25, 0.3) is 0 Å². The molecule has 3 saturated heterocycles. The molecule has 0 saturated carbocycles. The second kappa shape index (κ2) is 51.4. The van der Waals surface area contributed by atoms with E-state index in [0.29, 0.717) is 12.8 Å². The van der Waals surface area contributed by atoms with E-state index in [1.165, 1.54) is 167 Å². The van der Waals surface area contributed by atoms with Crippen LogP contribution >= 0.6 is 0 Å². The lowest BCUT2D eigenvalue weighted by Gasteiger charge is -2.50. The van der Waals surface area contributed by atoms with Gasteiger partial charge in [-0.15, -0.1) is 0 Å². The number of allylic oxidation sites excluding steroid dienone is 3. The molecule has 550 valence electrons. The largest absolute Gasteiger partial charge is 0.477 e. The molecule has 23 heteroatoms. The van der Waals surface area contributed by atoms with Gasteiger partial charge in [0.05, 0.1) is 50.7 Å². The number of nitrogens with one attached hydrogen (secondary N) is 2. The molecule has 94 heavy (non-hydrogen) atoms. The fraction of sp³-hybridized carbons (Fsp3) is 0.901. The van der Waals surface area contributed by atoms with E-state index >= 15 is 0 Å². The first-order valence-electron chi connectivity index (χ1n) is 36.7. The highest BCUT2D eigenvalue weighted by Gasteiger charge is 2.60. The van der Waals surface area contributed by atoms with Crippen molar-refractivity contribution in [1.82, 2.24) is 10.6 Å². The summed E-state index contributed by atoms with van der Waals surface area (Å²) in [5.41, 5.74) is 0. The molecule has 2 amide bonds. The van der Waals surface area contributed by atoms with E-state index < -0.39 is 155 Å². The number of hydrogen-bond donors (Lipinski definition) is 14. The zero-order chi connectivity index (χ0) is 68.9. The van der Waals surface area contributed by atoms with Gasteiger partial charge in [0.25, 0.3) is 5.79 Å². The quantitative estimate of drug-likeness (QED) is 0.0205. The summed E-state index contributed by atoms with van der Waals surface area (Å²) in [6.07, 6.45) is 24.2. The number of carboxylic acid groups (broad SMARTS) is 1. The number of ether oxygens (including phenoxy) is 6. The lowest BCUT2D eigenvalue weighted by molar-refractivity contribution is -0.386. The van der Waals surface area contributed by atoms with E-state index in [2.05, 4.69) is 36.6 Å². The fourth-order valence-corrected chi connectivity index (χ4v) is 12.8. The summed E-state index contributed by atoms with van der Waals surface area (Å²) in [6.45, 7) is 2.10. The van der Waals surface area contributed by atoms with Gasteiger partial charge in [-0.1, -0.05) is 231 Å². The van der Waals surface area contributed by atoms with Gasteiger partial charge in [-0.05, 0) is 44.9 Å². The molecule has 0 aromatic rings. The molecule has 3 aliphatic rings. The van der Waals surface area contributed by atoms with Crippen LogP contribution in [-0.4, -0.2) is 215 Å². The third-order valence-electron chi connectivity index (χ3n) is 18.6. The zero-order valence-corrected chi connectivity index (χ0v) is 57.6. The standard InChI is InChI=1S/C71H130N2O21/c1-4-6-8-10-12-14-15-16-17-18-19-20-21-22-23-24-25-26-27-28-29-30-31-32-33-34-35-37-39-41-43-45-58(81)73-52(53(78)44-42-40-38-36-13-11-9-7-5-2)50-89-68-63(85)62(84)65(57(49-76)91-68)92-69-64(86)67(61(83)56(48-75)90-69)94-71(70(87)88)46-54(79)59(72-51(3)77)66(93-71)60(82)55(80)47-74/h22-23,42,44,52-57,59-69,74-76,78-80,82-86H,4-21,24-41,43,45-50H2,1-3H3,(H,72,77)(H,73,81)(H,87,88)/b23-22-,44-42+. The molecule has 3 fully saturated rings. The molecule has 23 nitrogen and oxygen atoms in total. The minimum atomic E-state index is -3.08. The molecule has 14 N–H and O–H groups in total. The van der Waals surface area contributed by atoms with Crippen molar-refractivity contribution in [1.29, 1.82) is 0 Å². The van der Waals surface area contributed by atoms with Gasteiger partial charge >= 0.3 is 5.97 Å². The summed E-state index contributed by atoms with van der Waals surface area (Å²) in [6, 6.07) is -2.61. The lowest BCUT2D eigenvalue weighted by atomic mass is 9.88. The number of carbonyl (C=O) groups excluding carboxylic acids is 2. The molecule has 0 spiro atoms. The zero-order valence-electron chi connectivity index (χ0n) is 57.6. The molecule has 0 aromatic heterocycles. The maximum absolute atomic E-state index is 13.4. The summed E-state index contributed by atoms with van der Waals surface area (Å²) >= 11 is 0. The van der Waals surface area contributed by atoms with E-state index in [1.807, 2.05) is 6.08 Å². The van der Waals surface area contributed by atoms with Crippen molar-refractivity contribution < 1.29 is 104 Å². The molecule has 0 aliphatic carbocycles. The maximum atomic E-state index is 13.4. The van der Waals surface area contributed by atoms with Crippen LogP contribution in [0, 0.1) is 0 Å². The molecule has 0 aromatic carbocycles. The predicted molar refractivity (Wildman–Crippen MR) is 357 cm³/mol. The van der Waals surface area contributed by atoms with E-state index in [0.717, 1.165) is 64.7 Å². The number of rotatable bonds is 56. The molecule has 3 rings (SSSR count). The Morgan fingerprint density at radius 2 is 1.00 bits per heavy atom. The monoisotopic (exact) mass is 1350 g/mol. The first-order chi connectivity index (χ1) is 45.4. The van der Waals surface area contributed by atoms with Gasteiger partial charge in [-0.2, -0.15) is 0 Å². The van der Waals surface area contributed by atoms with E-state index in [-0.39, 0.29) is 12.3 Å². The molecular formula is C71H130N2O21. The van der Waals surface area contributed by atoms with Crippen molar-refractivity contribution in [2.45, 2.75) is 381 Å². The Labute approximate surface area is 562 Å². The maximum Gasteiger partial charge on any atom is 0.364 e. The van der Waals surface area contributed by atoms with Gasteiger partial charge in [0.15, 0.2) is 12.6 Å². The second-order valence-electron chi connectivity index (χ2n) is 26.8. The number of amides is 2. The lowest BCUT2D eigenvalue weighted by Crippen LogP contribution is -2.70. The second-order valence-corrected chi connectivity index (χ2v) is 26.8. The van der Waals surface area contributed by atoms with Gasteiger partial charge in [0.1, 0.15) is 67.1 Å². The Bertz CT molecular complexity index is 1990. The van der Waals surface area contributed by atoms with Crippen molar-refractivity contribution >= 4 is 17.8 Å². The highest BCUT2D eigenvalue weighted by Crippen LogP contribution is 2.39. The van der Waals surface area contributed by atoms with Crippen LogP contribution in [0.1, 0.15) is 271 Å². The molecule has 3 aliphatic heterocycles. The molecule has 0 radical (unpaired) electrons. The Morgan fingerprint density at radius 1 is 0.553 bits per heavy atom. The van der Waals surface area contributed by atoms with Gasteiger partial charge < -0.3 is 100 Å². The summed E-state index contributed by atoms with van der Waals surface area (Å²) in [5.74, 6) is -6.14. The van der Waals surface area contributed by atoms with Crippen LogP contribution in [0.15, 0.2) is 24.3 Å². The minimum absolute atomic E-state index is 0.202. The molecule has 18 unspecified atom stereocenters. The van der Waals surface area contributed by atoms with Gasteiger partial charge in [-0.3, -0.25) is 9.59 Å². The third-order valence-corrected chi connectivity index (χ3v) is 18.6. The molecule has 18 atom stereocenters. The van der Waals surface area contributed by atoms with Crippen molar-refractivity contribution in [3.63, 3.8) is 0 Å². The van der Waals surface area contributed by atoms with Gasteiger partial charge in [-0.25, -0.2) is 4.79 Å². The van der Waals surface area contributed by atoms with E-state index in [4.69, 9.17) is 28.4 Å². The third kappa shape index (κ3) is 32.9. The van der Waals surface area contributed by atoms with Gasteiger partial charge in [0, 0.05) is 19.8 Å². The first-order valence-corrected chi connectivity index (χ1v) is 36.7. The predicted octanol–water partition coefficient (Wildman–Crippen LogP) is 7.62. The number of hydrogen-bond acceptors (Lipinski definition) is 20. The van der Waals surface area contributed by atoms with Crippen LogP contribution in [0.4, 0.5) is 0 Å². The molecular weight excluding hydrogens is 1220 g/mol. The smallest absolute Gasteiger partial charge is 0.364 e. The topological polar surface area (TPSA) is 373 Å². The number of aliphatic carboxylic acids is 1.